The van der Waals surface area contributed by atoms with Crippen molar-refractivity contribution in [3.63, 3.8) is 0 Å². The maximum absolute atomic E-state index is 13.9. The first-order valence-electron chi connectivity index (χ1n) is 14.0. The molecule has 1 aliphatic carbocycles. The van der Waals surface area contributed by atoms with Gasteiger partial charge in [0.1, 0.15) is 0 Å². The van der Waals surface area contributed by atoms with Crippen LogP contribution in [0.15, 0.2) is 58.5 Å². The maximum Gasteiger partial charge on any atom is 0.262 e. The number of fused-ring (bicyclic) bond motifs is 1. The standard InChI is InChI=1S/C30H38N4O3S/c1-2-27(28(35)31-23-11-7-4-8-12-23)38-30-32-26-14-13-24(33-17-19-37-20-18-33)21-25(26)29(36)34(30)16-15-22-9-5-3-6-10-22/h3,5-6,9-10,13-14,21,23,27H,2,4,7-8,11-12,15-20H2,1H3,(H,31,35)/t27-/m0/s1. The average Bonchev–Trinajstić information content (AvgIpc) is 2.97. The van der Waals surface area contributed by atoms with Gasteiger partial charge < -0.3 is 15.0 Å². The molecular weight excluding hydrogens is 496 g/mol. The average molecular weight is 535 g/mol. The number of nitrogens with one attached hydrogen (secondary N) is 1. The van der Waals surface area contributed by atoms with Gasteiger partial charge in [-0.2, -0.15) is 0 Å². The Morgan fingerprint density at radius 2 is 1.87 bits per heavy atom. The zero-order valence-electron chi connectivity index (χ0n) is 22.2. The molecule has 3 aromatic rings. The monoisotopic (exact) mass is 534 g/mol. The molecular formula is C30H38N4O3S. The van der Waals surface area contributed by atoms with Crippen molar-refractivity contribution >= 4 is 34.3 Å². The number of hydrogen-bond donors (Lipinski definition) is 1. The van der Waals surface area contributed by atoms with Gasteiger partial charge in [-0.1, -0.05) is 68.3 Å². The van der Waals surface area contributed by atoms with Gasteiger partial charge in [0.05, 0.1) is 29.4 Å². The van der Waals surface area contributed by atoms with Crippen molar-refractivity contribution < 1.29 is 9.53 Å². The lowest BCUT2D eigenvalue weighted by Gasteiger charge is -2.29. The summed E-state index contributed by atoms with van der Waals surface area (Å²) >= 11 is 1.42. The molecule has 1 saturated heterocycles. The highest BCUT2D eigenvalue weighted by atomic mass is 32.2. The van der Waals surface area contributed by atoms with E-state index in [1.54, 1.807) is 4.57 Å². The number of ether oxygens (including phenoxy) is 1. The number of benzene rings is 2. The van der Waals surface area contributed by atoms with Crippen LogP contribution in [0.3, 0.4) is 0 Å². The third-order valence-electron chi connectivity index (χ3n) is 7.61. The van der Waals surface area contributed by atoms with E-state index in [0.29, 0.717) is 42.2 Å². The molecule has 2 aromatic carbocycles. The van der Waals surface area contributed by atoms with E-state index in [1.807, 2.05) is 43.3 Å². The molecule has 0 spiro atoms. The fourth-order valence-corrected chi connectivity index (χ4v) is 6.42. The van der Waals surface area contributed by atoms with Crippen molar-refractivity contribution in [2.45, 2.75) is 74.9 Å². The lowest BCUT2D eigenvalue weighted by Crippen LogP contribution is -2.41. The number of carbonyl (C=O) groups is 1. The molecule has 0 unspecified atom stereocenters. The number of nitrogens with zero attached hydrogens (tertiary/aromatic N) is 3. The van der Waals surface area contributed by atoms with Crippen LogP contribution in [0.5, 0.6) is 0 Å². The molecule has 7 nitrogen and oxygen atoms in total. The molecule has 1 atom stereocenters. The Morgan fingerprint density at radius 1 is 1.11 bits per heavy atom. The Kier molecular flexibility index (Phi) is 9.02. The van der Waals surface area contributed by atoms with Gasteiger partial charge in [0, 0.05) is 31.4 Å². The van der Waals surface area contributed by atoms with Crippen LogP contribution in [0.1, 0.15) is 51.0 Å². The van der Waals surface area contributed by atoms with Crippen molar-refractivity contribution in [3.8, 4) is 0 Å². The Morgan fingerprint density at radius 3 is 2.61 bits per heavy atom. The maximum atomic E-state index is 13.9. The Labute approximate surface area is 229 Å². The second-order valence-electron chi connectivity index (χ2n) is 10.2. The van der Waals surface area contributed by atoms with Gasteiger partial charge in [-0.3, -0.25) is 14.2 Å². The zero-order valence-corrected chi connectivity index (χ0v) is 23.0. The summed E-state index contributed by atoms with van der Waals surface area (Å²) in [5.41, 5.74) is 2.81. The molecule has 8 heteroatoms. The Bertz CT molecular complexity index is 1280. The second kappa shape index (κ2) is 12.8. The van der Waals surface area contributed by atoms with Crippen molar-refractivity contribution in [2.75, 3.05) is 31.2 Å². The molecule has 1 aliphatic heterocycles. The number of hydrogen-bond acceptors (Lipinski definition) is 6. The molecule has 0 bridgehead atoms. The number of thioether (sulfide) groups is 1. The van der Waals surface area contributed by atoms with Crippen LogP contribution in [0.2, 0.25) is 0 Å². The number of rotatable bonds is 9. The first-order valence-corrected chi connectivity index (χ1v) is 14.9. The summed E-state index contributed by atoms with van der Waals surface area (Å²) in [7, 11) is 0. The van der Waals surface area contributed by atoms with Gasteiger partial charge in [-0.15, -0.1) is 0 Å². The SMILES string of the molecule is CC[C@H](Sc1nc2ccc(N3CCOCC3)cc2c(=O)n1CCc1ccccc1)C(=O)NC1CCCCC1. The fraction of sp³-hybridized carbons (Fsp3) is 0.500. The van der Waals surface area contributed by atoms with E-state index >= 15 is 0 Å². The molecule has 202 valence electrons. The van der Waals surface area contributed by atoms with Crippen LogP contribution in [-0.4, -0.2) is 53.1 Å². The van der Waals surface area contributed by atoms with E-state index in [-0.39, 0.29) is 22.8 Å². The van der Waals surface area contributed by atoms with E-state index in [9.17, 15) is 9.59 Å². The van der Waals surface area contributed by atoms with Crippen LogP contribution in [0, 0.1) is 0 Å². The van der Waals surface area contributed by atoms with Crippen LogP contribution >= 0.6 is 11.8 Å². The number of carbonyl (C=O) groups excluding carboxylic acids is 1. The van der Waals surface area contributed by atoms with E-state index in [2.05, 4.69) is 22.3 Å². The minimum Gasteiger partial charge on any atom is -0.378 e. The van der Waals surface area contributed by atoms with E-state index in [1.165, 1.54) is 36.6 Å². The lowest BCUT2D eigenvalue weighted by atomic mass is 9.95. The topological polar surface area (TPSA) is 76.5 Å². The molecule has 2 fully saturated rings. The van der Waals surface area contributed by atoms with Gasteiger partial charge in [0.25, 0.3) is 5.56 Å². The number of aryl methyl sites for hydroxylation is 1. The van der Waals surface area contributed by atoms with Crippen molar-refractivity contribution in [1.29, 1.82) is 0 Å². The molecule has 1 N–H and O–H groups in total. The highest BCUT2D eigenvalue weighted by Gasteiger charge is 2.25. The largest absolute Gasteiger partial charge is 0.378 e. The Hall–Kier alpha value is -2.84. The number of morpholine rings is 1. The summed E-state index contributed by atoms with van der Waals surface area (Å²) in [6.07, 6.45) is 7.09. The minimum atomic E-state index is -0.295. The predicted molar refractivity (Wildman–Crippen MR) is 154 cm³/mol. The number of amides is 1. The molecule has 5 rings (SSSR count). The number of anilines is 1. The van der Waals surface area contributed by atoms with Gasteiger partial charge >= 0.3 is 0 Å². The van der Waals surface area contributed by atoms with Crippen molar-refractivity contribution in [1.82, 2.24) is 14.9 Å². The fourth-order valence-electron chi connectivity index (χ4n) is 5.37. The first kappa shape index (κ1) is 26.8. The first-order chi connectivity index (χ1) is 18.6. The van der Waals surface area contributed by atoms with Crippen LogP contribution in [0.25, 0.3) is 10.9 Å². The smallest absolute Gasteiger partial charge is 0.262 e. The summed E-state index contributed by atoms with van der Waals surface area (Å²) in [5.74, 6) is 0.0519. The van der Waals surface area contributed by atoms with Gasteiger partial charge in [0.15, 0.2) is 5.16 Å². The molecule has 1 amide bonds. The summed E-state index contributed by atoms with van der Waals surface area (Å²) in [6, 6.07) is 16.4. The van der Waals surface area contributed by atoms with Gasteiger partial charge in [0.2, 0.25) is 5.91 Å². The molecule has 1 saturated carbocycles. The highest BCUT2D eigenvalue weighted by Crippen LogP contribution is 2.28. The summed E-state index contributed by atoms with van der Waals surface area (Å²) < 4.78 is 7.28. The third-order valence-corrected chi connectivity index (χ3v) is 8.96. The predicted octanol–water partition coefficient (Wildman–Crippen LogP) is 4.80. The highest BCUT2D eigenvalue weighted by molar-refractivity contribution is 8.00. The van der Waals surface area contributed by atoms with Crippen LogP contribution in [0.4, 0.5) is 5.69 Å². The number of aromatic nitrogens is 2. The van der Waals surface area contributed by atoms with Crippen LogP contribution < -0.4 is 15.8 Å². The third kappa shape index (κ3) is 6.41. The molecule has 1 aromatic heterocycles. The van der Waals surface area contributed by atoms with E-state index < -0.39 is 0 Å². The Balaban J connectivity index is 1.45. The second-order valence-corrected chi connectivity index (χ2v) is 11.4. The van der Waals surface area contributed by atoms with E-state index in [0.717, 1.165) is 38.0 Å². The van der Waals surface area contributed by atoms with Crippen molar-refractivity contribution in [2.24, 2.45) is 0 Å². The van der Waals surface area contributed by atoms with Gasteiger partial charge in [-0.25, -0.2) is 4.98 Å². The summed E-state index contributed by atoms with van der Waals surface area (Å²) in [6.45, 7) is 5.53. The van der Waals surface area contributed by atoms with E-state index in [4.69, 9.17) is 9.72 Å². The zero-order chi connectivity index (χ0) is 26.3. The minimum absolute atomic E-state index is 0.0499. The summed E-state index contributed by atoms with van der Waals surface area (Å²) in [4.78, 5) is 34.4. The summed E-state index contributed by atoms with van der Waals surface area (Å²) in [5, 5.41) is 4.21. The molecule has 0 radical (unpaired) electrons. The molecule has 2 aliphatic rings. The van der Waals surface area contributed by atoms with Crippen LogP contribution in [-0.2, 0) is 22.5 Å². The molecule has 38 heavy (non-hydrogen) atoms. The van der Waals surface area contributed by atoms with Crippen molar-refractivity contribution in [3.05, 3.63) is 64.4 Å². The quantitative estimate of drug-likeness (QED) is 0.314. The lowest BCUT2D eigenvalue weighted by molar-refractivity contribution is -0.121. The molecule has 2 heterocycles. The normalized spacial score (nSPS) is 17.4. The van der Waals surface area contributed by atoms with Gasteiger partial charge in [-0.05, 0) is 49.4 Å².